The van der Waals surface area contributed by atoms with E-state index in [1.807, 2.05) is 50.2 Å². The lowest BCUT2D eigenvalue weighted by Crippen LogP contribution is -2.52. The molecule has 0 saturated heterocycles. The Labute approximate surface area is 270 Å². The van der Waals surface area contributed by atoms with Crippen molar-refractivity contribution in [2.75, 3.05) is 0 Å². The number of aromatic amines is 1. The maximum atomic E-state index is 14.1. The van der Waals surface area contributed by atoms with Crippen molar-refractivity contribution >= 4 is 34.8 Å². The summed E-state index contributed by atoms with van der Waals surface area (Å²) in [6.07, 6.45) is 9.46. The summed E-state index contributed by atoms with van der Waals surface area (Å²) in [6.45, 7) is 4.04. The molecule has 0 aliphatic rings. The summed E-state index contributed by atoms with van der Waals surface area (Å²) >= 11 is 0. The first-order valence-electron chi connectivity index (χ1n) is 16.0. The molecule has 0 radical (unpaired) electrons. The topological polar surface area (TPSA) is 154 Å². The van der Waals surface area contributed by atoms with E-state index in [2.05, 4.69) is 67.5 Å². The Kier molecular flexibility index (Phi) is 12.9. The first-order valence-corrected chi connectivity index (χ1v) is 16.0. The van der Waals surface area contributed by atoms with Crippen LogP contribution in [0.15, 0.2) is 90.4 Å². The smallest absolute Gasteiger partial charge is 0.332 e. The van der Waals surface area contributed by atoms with Gasteiger partial charge in [-0.25, -0.2) is 15.2 Å². The predicted molar refractivity (Wildman–Crippen MR) is 182 cm³/mol. The normalized spacial score (nSPS) is 13.4. The first-order chi connectivity index (χ1) is 22.3. The number of benzene rings is 3. The highest BCUT2D eigenvalue weighted by molar-refractivity contribution is 5.91. The highest BCUT2D eigenvalue weighted by Crippen LogP contribution is 2.24. The van der Waals surface area contributed by atoms with E-state index in [4.69, 9.17) is 5.73 Å². The Hall–Kier alpha value is -4.99. The number of nitrogens with two attached hydrogens (primary N) is 1. The Morgan fingerprint density at radius 1 is 0.913 bits per heavy atom. The number of nitrogens with one attached hydrogen (secondary N) is 4. The number of nitrogens with zero attached hydrogens (tertiary/aromatic N) is 2. The molecule has 3 aromatic carbocycles. The van der Waals surface area contributed by atoms with E-state index in [1.54, 1.807) is 12.5 Å². The van der Waals surface area contributed by atoms with Crippen LogP contribution in [0, 0.1) is 11.8 Å². The molecular weight excluding hydrogens is 578 g/mol. The van der Waals surface area contributed by atoms with Gasteiger partial charge in [-0.05, 0) is 59.9 Å². The third-order valence-electron chi connectivity index (χ3n) is 7.92. The third kappa shape index (κ3) is 10.9. The van der Waals surface area contributed by atoms with E-state index < -0.39 is 18.1 Å². The van der Waals surface area contributed by atoms with Gasteiger partial charge in [0.1, 0.15) is 6.04 Å². The Bertz CT molecular complexity index is 1570. The molecule has 3 atom stereocenters. The molecule has 46 heavy (non-hydrogen) atoms. The second-order valence-corrected chi connectivity index (χ2v) is 12.1. The van der Waals surface area contributed by atoms with Crippen molar-refractivity contribution in [1.82, 2.24) is 26.0 Å². The average Bonchev–Trinajstić information content (AvgIpc) is 3.55. The lowest BCUT2D eigenvalue weighted by molar-refractivity contribution is -0.131. The number of aryl methyl sites for hydroxylation is 1. The molecule has 242 valence electrons. The van der Waals surface area contributed by atoms with Crippen molar-refractivity contribution in [2.24, 2.45) is 22.7 Å². The number of hydrazone groups is 1. The molecule has 0 aliphatic heterocycles. The van der Waals surface area contributed by atoms with Crippen LogP contribution in [0.3, 0.4) is 0 Å². The highest BCUT2D eigenvalue weighted by Gasteiger charge is 2.28. The lowest BCUT2D eigenvalue weighted by Gasteiger charge is -2.25. The number of hydrogen-bond acceptors (Lipinski definition) is 5. The molecule has 0 aliphatic carbocycles. The molecule has 4 amide bonds. The number of amides is 4. The van der Waals surface area contributed by atoms with Crippen LogP contribution < -0.4 is 21.8 Å². The maximum absolute atomic E-state index is 14.1. The number of H-pyrrole nitrogens is 1. The van der Waals surface area contributed by atoms with Crippen LogP contribution in [0.25, 0.3) is 10.8 Å². The SMILES string of the molecule is CC(C)C[C@@H](C=NNC(N)=O)NC(=O)[C@H](Cc1cnc[nH]1)NC(=O)C(CCCCc1ccccc1)Cc1cccc2ccccc12. The molecule has 6 N–H and O–H groups in total. The van der Waals surface area contributed by atoms with Gasteiger partial charge in [0.05, 0.1) is 12.4 Å². The van der Waals surface area contributed by atoms with E-state index in [0.717, 1.165) is 41.3 Å². The number of aromatic nitrogens is 2. The molecule has 0 spiro atoms. The van der Waals surface area contributed by atoms with Crippen LogP contribution in [0.1, 0.15) is 56.4 Å². The fourth-order valence-corrected chi connectivity index (χ4v) is 5.68. The molecule has 4 rings (SSSR count). The zero-order valence-electron chi connectivity index (χ0n) is 26.6. The molecule has 1 unspecified atom stereocenters. The minimum absolute atomic E-state index is 0.170. The molecule has 1 heterocycles. The van der Waals surface area contributed by atoms with Gasteiger partial charge in [-0.1, -0.05) is 93.1 Å². The maximum Gasteiger partial charge on any atom is 0.332 e. The fraction of sp³-hybridized carbons (Fsp3) is 0.361. The summed E-state index contributed by atoms with van der Waals surface area (Å²) < 4.78 is 0. The number of urea groups is 1. The van der Waals surface area contributed by atoms with Gasteiger partial charge < -0.3 is 21.4 Å². The van der Waals surface area contributed by atoms with Crippen LogP contribution in [0.5, 0.6) is 0 Å². The Morgan fingerprint density at radius 2 is 1.67 bits per heavy atom. The molecule has 1 aromatic heterocycles. The van der Waals surface area contributed by atoms with Crippen LogP contribution in [-0.2, 0) is 28.9 Å². The van der Waals surface area contributed by atoms with Gasteiger partial charge in [0.15, 0.2) is 0 Å². The summed E-state index contributed by atoms with van der Waals surface area (Å²) in [4.78, 5) is 46.1. The molecule has 4 aromatic rings. The quantitative estimate of drug-likeness (QED) is 0.0635. The van der Waals surface area contributed by atoms with Crippen LogP contribution in [0.4, 0.5) is 4.79 Å². The molecular formula is C36H45N7O3. The fourth-order valence-electron chi connectivity index (χ4n) is 5.68. The molecule has 10 nitrogen and oxygen atoms in total. The molecule has 10 heteroatoms. The number of unbranched alkanes of at least 4 members (excludes halogenated alkanes) is 1. The van der Waals surface area contributed by atoms with E-state index in [1.165, 1.54) is 11.8 Å². The van der Waals surface area contributed by atoms with Crippen molar-refractivity contribution in [1.29, 1.82) is 0 Å². The number of carbonyl (C=O) groups is 3. The van der Waals surface area contributed by atoms with Crippen molar-refractivity contribution < 1.29 is 14.4 Å². The number of fused-ring (bicyclic) bond motifs is 1. The number of imidazole rings is 1. The summed E-state index contributed by atoms with van der Waals surface area (Å²) in [5.74, 6) is -0.637. The number of rotatable bonds is 17. The van der Waals surface area contributed by atoms with Gasteiger partial charge in [-0.3, -0.25) is 9.59 Å². The Morgan fingerprint density at radius 3 is 2.41 bits per heavy atom. The van der Waals surface area contributed by atoms with Crippen LogP contribution in [-0.4, -0.2) is 46.1 Å². The summed E-state index contributed by atoms with van der Waals surface area (Å²) in [6, 6.07) is 22.6. The van der Waals surface area contributed by atoms with Gasteiger partial charge in [0, 0.05) is 30.4 Å². The van der Waals surface area contributed by atoms with Crippen molar-refractivity contribution in [3.05, 3.63) is 102 Å². The van der Waals surface area contributed by atoms with Gasteiger partial charge in [0.2, 0.25) is 11.8 Å². The standard InChI is InChI=1S/C36H45N7O3/c1-25(2)19-31(23-40-43-36(37)46)41-35(45)33(21-30-22-38-24-39-30)42-34(44)29(15-7-6-13-26-11-4-3-5-12-26)20-28-17-10-16-27-14-8-9-18-32(27)28/h3-5,8-12,14,16-18,22-25,29,31,33H,6-7,13,15,19-21H2,1-2H3,(H,38,39)(H,41,45)(H,42,44)(H3,37,43,46)/t29?,31-,33-/m0/s1. The van der Waals surface area contributed by atoms with Crippen molar-refractivity contribution in [2.45, 2.75) is 70.9 Å². The van der Waals surface area contributed by atoms with E-state index in [0.29, 0.717) is 19.3 Å². The molecule has 0 fully saturated rings. The Balaban J connectivity index is 1.53. The summed E-state index contributed by atoms with van der Waals surface area (Å²) in [5, 5.41) is 12.2. The van der Waals surface area contributed by atoms with E-state index in [-0.39, 0.29) is 30.1 Å². The van der Waals surface area contributed by atoms with Crippen LogP contribution in [0.2, 0.25) is 0 Å². The second-order valence-electron chi connectivity index (χ2n) is 12.1. The van der Waals surface area contributed by atoms with Crippen molar-refractivity contribution in [3.63, 3.8) is 0 Å². The molecule has 0 saturated carbocycles. The summed E-state index contributed by atoms with van der Waals surface area (Å²) in [7, 11) is 0. The predicted octanol–water partition coefficient (Wildman–Crippen LogP) is 5.05. The minimum Gasteiger partial charge on any atom is -0.350 e. The third-order valence-corrected chi connectivity index (χ3v) is 7.92. The first kappa shape index (κ1) is 33.9. The van der Waals surface area contributed by atoms with Crippen LogP contribution >= 0.6 is 0 Å². The monoisotopic (exact) mass is 623 g/mol. The zero-order chi connectivity index (χ0) is 32.7. The van der Waals surface area contributed by atoms with Gasteiger partial charge >= 0.3 is 6.03 Å². The number of primary amides is 1. The number of carbonyl (C=O) groups excluding carboxylic acids is 3. The lowest BCUT2D eigenvalue weighted by atomic mass is 9.89. The summed E-state index contributed by atoms with van der Waals surface area (Å²) in [5.41, 5.74) is 10.4. The number of hydrogen-bond donors (Lipinski definition) is 5. The minimum atomic E-state index is -0.862. The van der Waals surface area contributed by atoms with Crippen molar-refractivity contribution in [3.8, 4) is 0 Å². The zero-order valence-corrected chi connectivity index (χ0v) is 26.6. The second kappa shape index (κ2) is 17.5. The highest BCUT2D eigenvalue weighted by atomic mass is 16.2. The largest absolute Gasteiger partial charge is 0.350 e. The molecule has 0 bridgehead atoms. The average molecular weight is 624 g/mol. The van der Waals surface area contributed by atoms with Gasteiger partial charge in [-0.2, -0.15) is 5.10 Å². The van der Waals surface area contributed by atoms with Gasteiger partial charge in [0.25, 0.3) is 0 Å². The van der Waals surface area contributed by atoms with E-state index >= 15 is 0 Å². The van der Waals surface area contributed by atoms with Gasteiger partial charge in [-0.15, -0.1) is 0 Å². The van der Waals surface area contributed by atoms with E-state index in [9.17, 15) is 14.4 Å².